The van der Waals surface area contributed by atoms with Crippen molar-refractivity contribution < 1.29 is 9.90 Å². The third-order valence-corrected chi connectivity index (χ3v) is 3.58. The van der Waals surface area contributed by atoms with Gasteiger partial charge in [-0.05, 0) is 35.7 Å². The number of aryl methyl sites for hydroxylation is 1. The highest BCUT2D eigenvalue weighted by Crippen LogP contribution is 2.32. The molecule has 0 radical (unpaired) electrons. The molecule has 0 bridgehead atoms. The zero-order valence-electron chi connectivity index (χ0n) is 9.27. The van der Waals surface area contributed by atoms with Gasteiger partial charge in [-0.2, -0.15) is 0 Å². The number of para-hydroxylation sites is 1. The molecule has 0 amide bonds. The van der Waals surface area contributed by atoms with Gasteiger partial charge < -0.3 is 10.0 Å². The van der Waals surface area contributed by atoms with Gasteiger partial charge in [0.15, 0.2) is 0 Å². The van der Waals surface area contributed by atoms with Crippen molar-refractivity contribution in [3.8, 4) is 0 Å². The van der Waals surface area contributed by atoms with Gasteiger partial charge in [0.05, 0.1) is 0 Å². The molecule has 0 atom stereocenters. The molecule has 0 saturated heterocycles. The van der Waals surface area contributed by atoms with E-state index < -0.39 is 5.30 Å². The first kappa shape index (κ1) is 11.3. The van der Waals surface area contributed by atoms with E-state index in [4.69, 9.17) is 5.11 Å². The van der Waals surface area contributed by atoms with E-state index in [1.165, 1.54) is 17.7 Å². The molecule has 1 N–H and O–H groups in total. The lowest BCUT2D eigenvalue weighted by Crippen LogP contribution is -2.25. The molecule has 1 aliphatic rings. The van der Waals surface area contributed by atoms with Crippen LogP contribution in [-0.4, -0.2) is 24.0 Å². The summed E-state index contributed by atoms with van der Waals surface area (Å²) < 4.78 is 0. The monoisotopic (exact) mass is 237 g/mol. The first-order valence-electron chi connectivity index (χ1n) is 5.36. The summed E-state index contributed by atoms with van der Waals surface area (Å²) in [5.41, 5.74) is 3.71. The fraction of sp³-hybridized carbons (Fsp3) is 0.417. The lowest BCUT2D eigenvalue weighted by molar-refractivity contribution is 0.222. The van der Waals surface area contributed by atoms with Crippen LogP contribution < -0.4 is 4.90 Å². The Morgan fingerprint density at radius 3 is 3.12 bits per heavy atom. The average Bonchev–Trinajstić information content (AvgIpc) is 2.26. The van der Waals surface area contributed by atoms with Crippen LogP contribution in [0.3, 0.4) is 0 Å². The van der Waals surface area contributed by atoms with Crippen molar-refractivity contribution in [3.63, 3.8) is 0 Å². The SMILES string of the molecule is CN1CCCc2cccc(CSC(=O)O)c21. The Balaban J connectivity index is 2.27. The summed E-state index contributed by atoms with van der Waals surface area (Å²) in [5.74, 6) is 0.544. The molecule has 0 spiro atoms. The van der Waals surface area contributed by atoms with Gasteiger partial charge in [0.2, 0.25) is 0 Å². The van der Waals surface area contributed by atoms with Crippen molar-refractivity contribution in [3.05, 3.63) is 29.3 Å². The minimum Gasteiger partial charge on any atom is -0.473 e. The Hall–Kier alpha value is -1.16. The van der Waals surface area contributed by atoms with Crippen LogP contribution in [-0.2, 0) is 12.2 Å². The lowest BCUT2D eigenvalue weighted by Gasteiger charge is -2.29. The Labute approximate surface area is 99.5 Å². The van der Waals surface area contributed by atoms with E-state index in [-0.39, 0.29) is 0 Å². The van der Waals surface area contributed by atoms with Crippen molar-refractivity contribution in [2.24, 2.45) is 0 Å². The molecule has 16 heavy (non-hydrogen) atoms. The summed E-state index contributed by atoms with van der Waals surface area (Å²) in [6.07, 6.45) is 2.28. The van der Waals surface area contributed by atoms with Gasteiger partial charge in [0, 0.05) is 25.0 Å². The highest BCUT2D eigenvalue weighted by Gasteiger charge is 2.17. The second-order valence-corrected chi connectivity index (χ2v) is 4.93. The summed E-state index contributed by atoms with van der Waals surface area (Å²) in [6.45, 7) is 1.06. The number of carboxylic acid groups (broad SMARTS) is 1. The van der Waals surface area contributed by atoms with Crippen LogP contribution in [0.25, 0.3) is 0 Å². The minimum absolute atomic E-state index is 0.544. The van der Waals surface area contributed by atoms with Gasteiger partial charge >= 0.3 is 5.30 Å². The Morgan fingerprint density at radius 1 is 1.56 bits per heavy atom. The average molecular weight is 237 g/mol. The zero-order valence-corrected chi connectivity index (χ0v) is 10.1. The van der Waals surface area contributed by atoms with Crippen LogP contribution in [0.5, 0.6) is 0 Å². The van der Waals surface area contributed by atoms with Crippen LogP contribution in [0.15, 0.2) is 18.2 Å². The molecule has 0 fully saturated rings. The van der Waals surface area contributed by atoms with E-state index >= 15 is 0 Å². The number of nitrogens with zero attached hydrogens (tertiary/aromatic N) is 1. The first-order chi connectivity index (χ1) is 7.68. The van der Waals surface area contributed by atoms with Gasteiger partial charge in [0.1, 0.15) is 0 Å². The van der Waals surface area contributed by atoms with E-state index in [1.807, 2.05) is 12.1 Å². The molecule has 86 valence electrons. The molecule has 0 unspecified atom stereocenters. The highest BCUT2D eigenvalue weighted by molar-refractivity contribution is 8.12. The molecule has 0 saturated carbocycles. The zero-order chi connectivity index (χ0) is 11.5. The van der Waals surface area contributed by atoms with E-state index in [1.54, 1.807) is 0 Å². The van der Waals surface area contributed by atoms with Crippen LogP contribution in [0.4, 0.5) is 10.5 Å². The normalized spacial score (nSPS) is 14.7. The van der Waals surface area contributed by atoms with Gasteiger partial charge in [-0.1, -0.05) is 18.2 Å². The number of hydrogen-bond donors (Lipinski definition) is 1. The van der Waals surface area contributed by atoms with Gasteiger partial charge in [-0.15, -0.1) is 0 Å². The summed E-state index contributed by atoms with van der Waals surface area (Å²) in [7, 11) is 2.08. The smallest absolute Gasteiger partial charge is 0.365 e. The number of rotatable bonds is 2. The van der Waals surface area contributed by atoms with Crippen LogP contribution in [0.1, 0.15) is 17.5 Å². The van der Waals surface area contributed by atoms with Gasteiger partial charge in [0.25, 0.3) is 0 Å². The molecule has 1 aromatic carbocycles. The van der Waals surface area contributed by atoms with Crippen molar-refractivity contribution in [1.29, 1.82) is 0 Å². The number of anilines is 1. The molecule has 1 heterocycles. The largest absolute Gasteiger partial charge is 0.473 e. The standard InChI is InChI=1S/C12H15NO2S/c1-13-7-3-6-9-4-2-5-10(11(9)13)8-16-12(14)15/h2,4-5H,3,6-8H2,1H3,(H,14,15). The predicted molar refractivity (Wildman–Crippen MR) is 67.4 cm³/mol. The molecule has 1 aromatic rings. The third kappa shape index (κ3) is 2.32. The second kappa shape index (κ2) is 4.78. The molecule has 0 aliphatic carbocycles. The molecule has 1 aliphatic heterocycles. The molecule has 3 nitrogen and oxygen atoms in total. The maximum atomic E-state index is 10.6. The van der Waals surface area contributed by atoms with Crippen LogP contribution in [0.2, 0.25) is 0 Å². The van der Waals surface area contributed by atoms with E-state index in [0.717, 1.165) is 30.3 Å². The summed E-state index contributed by atoms with van der Waals surface area (Å²) in [5, 5.41) is 7.88. The lowest BCUT2D eigenvalue weighted by atomic mass is 9.99. The quantitative estimate of drug-likeness (QED) is 0.858. The molecule has 2 rings (SSSR count). The van der Waals surface area contributed by atoms with Crippen molar-refractivity contribution in [2.75, 3.05) is 18.5 Å². The topological polar surface area (TPSA) is 40.5 Å². The van der Waals surface area contributed by atoms with Crippen LogP contribution in [0, 0.1) is 0 Å². The molecular weight excluding hydrogens is 222 g/mol. The highest BCUT2D eigenvalue weighted by atomic mass is 32.2. The minimum atomic E-state index is -0.809. The summed E-state index contributed by atoms with van der Waals surface area (Å²) in [4.78, 5) is 12.8. The number of thioether (sulfide) groups is 1. The van der Waals surface area contributed by atoms with Gasteiger partial charge in [-0.25, -0.2) is 4.79 Å². The van der Waals surface area contributed by atoms with E-state index in [2.05, 4.69) is 18.0 Å². The number of carbonyl (C=O) groups is 1. The van der Waals surface area contributed by atoms with Gasteiger partial charge in [-0.3, -0.25) is 0 Å². The second-order valence-electron chi connectivity index (χ2n) is 4.00. The predicted octanol–water partition coefficient (Wildman–Crippen LogP) is 2.98. The Bertz CT molecular complexity index is 406. The van der Waals surface area contributed by atoms with Crippen molar-refractivity contribution in [2.45, 2.75) is 18.6 Å². The fourth-order valence-corrected chi connectivity index (χ4v) is 2.72. The third-order valence-electron chi connectivity index (χ3n) is 2.88. The molecular formula is C12H15NO2S. The Morgan fingerprint density at radius 2 is 2.38 bits per heavy atom. The van der Waals surface area contributed by atoms with Crippen LogP contribution >= 0.6 is 11.8 Å². The summed E-state index contributed by atoms with van der Waals surface area (Å²) >= 11 is 0.949. The maximum Gasteiger partial charge on any atom is 0.365 e. The van der Waals surface area contributed by atoms with Crippen molar-refractivity contribution >= 4 is 22.8 Å². The van der Waals surface area contributed by atoms with E-state index in [0.29, 0.717) is 5.75 Å². The number of hydrogen-bond acceptors (Lipinski definition) is 3. The summed E-state index contributed by atoms with van der Waals surface area (Å²) in [6, 6.07) is 6.19. The number of fused-ring (bicyclic) bond motifs is 1. The number of benzene rings is 1. The molecule has 4 heteroatoms. The van der Waals surface area contributed by atoms with E-state index in [9.17, 15) is 4.79 Å². The Kier molecular flexibility index (Phi) is 3.39. The maximum absolute atomic E-state index is 10.6. The molecule has 0 aromatic heterocycles. The fourth-order valence-electron chi connectivity index (χ4n) is 2.21. The van der Waals surface area contributed by atoms with Crippen molar-refractivity contribution in [1.82, 2.24) is 0 Å². The first-order valence-corrected chi connectivity index (χ1v) is 6.34.